The summed E-state index contributed by atoms with van der Waals surface area (Å²) < 4.78 is 10.9. The van der Waals surface area contributed by atoms with E-state index in [1.807, 2.05) is 44.2 Å². The maximum absolute atomic E-state index is 12.3. The first-order valence-electron chi connectivity index (χ1n) is 7.19. The number of hydrogen-bond donors (Lipinski definition) is 1. The molecular weight excluding hydrogens is 278 g/mol. The largest absolute Gasteiger partial charge is 0.493 e. The molecule has 0 radical (unpaired) electrons. The monoisotopic (exact) mass is 299 g/mol. The van der Waals surface area contributed by atoms with E-state index in [0.29, 0.717) is 11.5 Å². The Bertz CT molecular complexity index is 647. The number of aryl methyl sites for hydroxylation is 2. The summed E-state index contributed by atoms with van der Waals surface area (Å²) in [6.07, 6.45) is -0.629. The zero-order chi connectivity index (χ0) is 16.1. The van der Waals surface area contributed by atoms with Gasteiger partial charge in [0.1, 0.15) is 0 Å². The number of methoxy groups -OCH3 is 1. The fourth-order valence-electron chi connectivity index (χ4n) is 2.20. The third kappa shape index (κ3) is 3.58. The minimum absolute atomic E-state index is 0.191. The molecule has 1 atom stereocenters. The average molecular weight is 299 g/mol. The van der Waals surface area contributed by atoms with Crippen LogP contribution in [0.4, 0.5) is 5.69 Å². The van der Waals surface area contributed by atoms with Gasteiger partial charge in [-0.2, -0.15) is 0 Å². The van der Waals surface area contributed by atoms with Crippen molar-refractivity contribution in [1.29, 1.82) is 0 Å². The van der Waals surface area contributed by atoms with Crippen molar-refractivity contribution in [2.24, 2.45) is 0 Å². The number of carbonyl (C=O) groups is 1. The van der Waals surface area contributed by atoms with Gasteiger partial charge in [-0.25, -0.2) is 0 Å². The predicted octanol–water partition coefficient (Wildman–Crippen LogP) is 3.72. The molecular formula is C18H21NO3. The van der Waals surface area contributed by atoms with Gasteiger partial charge in [0.2, 0.25) is 0 Å². The Morgan fingerprint density at radius 3 is 2.18 bits per heavy atom. The smallest absolute Gasteiger partial charge is 0.265 e. The van der Waals surface area contributed by atoms with Crippen LogP contribution in [0.3, 0.4) is 0 Å². The van der Waals surface area contributed by atoms with Crippen molar-refractivity contribution in [1.82, 2.24) is 0 Å². The van der Waals surface area contributed by atoms with Gasteiger partial charge in [-0.15, -0.1) is 0 Å². The number of nitrogens with one attached hydrogen (secondary N) is 1. The van der Waals surface area contributed by atoms with Crippen LogP contribution < -0.4 is 14.8 Å². The highest BCUT2D eigenvalue weighted by molar-refractivity contribution is 5.95. The van der Waals surface area contributed by atoms with Crippen LogP contribution in [0.15, 0.2) is 42.5 Å². The molecule has 0 heterocycles. The van der Waals surface area contributed by atoms with E-state index >= 15 is 0 Å². The molecule has 0 fully saturated rings. The Balaban J connectivity index is 2.10. The van der Waals surface area contributed by atoms with E-state index in [1.54, 1.807) is 26.2 Å². The Hall–Kier alpha value is -2.49. The maximum Gasteiger partial charge on any atom is 0.265 e. The van der Waals surface area contributed by atoms with Gasteiger partial charge in [-0.05, 0) is 44.0 Å². The van der Waals surface area contributed by atoms with Crippen molar-refractivity contribution in [2.45, 2.75) is 26.9 Å². The summed E-state index contributed by atoms with van der Waals surface area (Å²) in [5.74, 6) is 0.965. The van der Waals surface area contributed by atoms with E-state index in [-0.39, 0.29) is 5.91 Å². The number of rotatable bonds is 5. The predicted molar refractivity (Wildman–Crippen MR) is 87.6 cm³/mol. The molecule has 2 aromatic carbocycles. The summed E-state index contributed by atoms with van der Waals surface area (Å²) in [4.78, 5) is 12.3. The number of carbonyl (C=O) groups excluding carboxylic acids is 1. The van der Waals surface area contributed by atoms with Gasteiger partial charge >= 0.3 is 0 Å². The number of hydrogen-bond acceptors (Lipinski definition) is 3. The van der Waals surface area contributed by atoms with Crippen molar-refractivity contribution in [3.05, 3.63) is 53.6 Å². The number of para-hydroxylation sites is 3. The van der Waals surface area contributed by atoms with Crippen LogP contribution in [0.2, 0.25) is 0 Å². The van der Waals surface area contributed by atoms with E-state index in [4.69, 9.17) is 9.47 Å². The fraction of sp³-hybridized carbons (Fsp3) is 0.278. The normalized spacial score (nSPS) is 11.6. The van der Waals surface area contributed by atoms with Crippen LogP contribution in [0.1, 0.15) is 18.1 Å². The van der Waals surface area contributed by atoms with Crippen LogP contribution >= 0.6 is 0 Å². The SMILES string of the molecule is COc1ccccc1O[C@H](C)C(=O)Nc1c(C)cccc1C. The van der Waals surface area contributed by atoms with Gasteiger partial charge in [0.25, 0.3) is 5.91 Å². The molecule has 0 saturated heterocycles. The molecule has 0 spiro atoms. The van der Waals surface area contributed by atoms with Gasteiger partial charge in [0.15, 0.2) is 17.6 Å². The van der Waals surface area contributed by atoms with Gasteiger partial charge in [-0.3, -0.25) is 4.79 Å². The highest BCUT2D eigenvalue weighted by Gasteiger charge is 2.18. The van der Waals surface area contributed by atoms with Crippen LogP contribution in [-0.2, 0) is 4.79 Å². The topological polar surface area (TPSA) is 47.6 Å². The standard InChI is InChI=1S/C18H21NO3/c1-12-8-7-9-13(2)17(12)19-18(20)14(3)22-16-11-6-5-10-15(16)21-4/h5-11,14H,1-4H3,(H,19,20)/t14-/m1/s1. The third-order valence-corrected chi connectivity index (χ3v) is 3.47. The lowest BCUT2D eigenvalue weighted by Gasteiger charge is -2.18. The second-order valence-corrected chi connectivity index (χ2v) is 5.17. The quantitative estimate of drug-likeness (QED) is 0.915. The van der Waals surface area contributed by atoms with E-state index in [9.17, 15) is 4.79 Å². The van der Waals surface area contributed by atoms with Crippen molar-refractivity contribution >= 4 is 11.6 Å². The summed E-state index contributed by atoms with van der Waals surface area (Å²) in [6.45, 7) is 5.65. The highest BCUT2D eigenvalue weighted by atomic mass is 16.5. The minimum atomic E-state index is -0.629. The number of anilines is 1. The molecule has 0 bridgehead atoms. The molecule has 116 valence electrons. The van der Waals surface area contributed by atoms with Crippen molar-refractivity contribution in [3.8, 4) is 11.5 Å². The Labute approximate surface area is 131 Å². The number of ether oxygens (including phenoxy) is 2. The Morgan fingerprint density at radius 2 is 1.59 bits per heavy atom. The molecule has 0 aliphatic carbocycles. The fourth-order valence-corrected chi connectivity index (χ4v) is 2.20. The molecule has 0 unspecified atom stereocenters. The highest BCUT2D eigenvalue weighted by Crippen LogP contribution is 2.27. The molecule has 1 N–H and O–H groups in total. The van der Waals surface area contributed by atoms with Gasteiger partial charge in [0.05, 0.1) is 7.11 Å². The van der Waals surface area contributed by atoms with Crippen molar-refractivity contribution < 1.29 is 14.3 Å². The summed E-state index contributed by atoms with van der Waals surface area (Å²) in [5.41, 5.74) is 2.89. The van der Waals surface area contributed by atoms with E-state index in [2.05, 4.69) is 5.32 Å². The summed E-state index contributed by atoms with van der Waals surface area (Å²) >= 11 is 0. The lowest BCUT2D eigenvalue weighted by molar-refractivity contribution is -0.122. The lowest BCUT2D eigenvalue weighted by atomic mass is 10.1. The van der Waals surface area contributed by atoms with Crippen LogP contribution in [0.25, 0.3) is 0 Å². The van der Waals surface area contributed by atoms with E-state index < -0.39 is 6.10 Å². The van der Waals surface area contributed by atoms with Gasteiger partial charge < -0.3 is 14.8 Å². The molecule has 0 aromatic heterocycles. The number of amides is 1. The summed E-state index contributed by atoms with van der Waals surface area (Å²) in [7, 11) is 1.57. The third-order valence-electron chi connectivity index (χ3n) is 3.47. The van der Waals surface area contributed by atoms with Crippen molar-refractivity contribution in [2.75, 3.05) is 12.4 Å². The summed E-state index contributed by atoms with van der Waals surface area (Å²) in [6, 6.07) is 13.2. The van der Waals surface area contributed by atoms with E-state index in [0.717, 1.165) is 16.8 Å². The lowest BCUT2D eigenvalue weighted by Crippen LogP contribution is -2.30. The van der Waals surface area contributed by atoms with E-state index in [1.165, 1.54) is 0 Å². The second kappa shape index (κ2) is 6.98. The molecule has 4 nitrogen and oxygen atoms in total. The zero-order valence-corrected chi connectivity index (χ0v) is 13.3. The van der Waals surface area contributed by atoms with Crippen LogP contribution in [-0.4, -0.2) is 19.1 Å². The molecule has 22 heavy (non-hydrogen) atoms. The van der Waals surface area contributed by atoms with Gasteiger partial charge in [-0.1, -0.05) is 30.3 Å². The molecule has 0 saturated carbocycles. The summed E-state index contributed by atoms with van der Waals surface area (Å²) in [5, 5.41) is 2.93. The van der Waals surface area contributed by atoms with Crippen LogP contribution in [0, 0.1) is 13.8 Å². The maximum atomic E-state index is 12.3. The average Bonchev–Trinajstić information content (AvgIpc) is 2.51. The number of benzene rings is 2. The first-order chi connectivity index (χ1) is 10.5. The Kier molecular flexibility index (Phi) is 5.04. The molecule has 0 aliphatic rings. The van der Waals surface area contributed by atoms with Gasteiger partial charge in [0, 0.05) is 5.69 Å². The van der Waals surface area contributed by atoms with Crippen LogP contribution in [0.5, 0.6) is 11.5 Å². The minimum Gasteiger partial charge on any atom is -0.493 e. The first-order valence-corrected chi connectivity index (χ1v) is 7.19. The molecule has 1 amide bonds. The molecule has 0 aliphatic heterocycles. The molecule has 4 heteroatoms. The molecule has 2 rings (SSSR count). The second-order valence-electron chi connectivity index (χ2n) is 5.17. The Morgan fingerprint density at radius 1 is 1.00 bits per heavy atom. The first kappa shape index (κ1) is 15.9. The zero-order valence-electron chi connectivity index (χ0n) is 13.3. The molecule has 2 aromatic rings. The van der Waals surface area contributed by atoms with Crippen molar-refractivity contribution in [3.63, 3.8) is 0 Å².